The third kappa shape index (κ3) is 3.41. The van der Waals surface area contributed by atoms with E-state index in [0.717, 1.165) is 24.0 Å². The Kier molecular flexibility index (Phi) is 5.78. The Morgan fingerprint density at radius 2 is 1.50 bits per heavy atom. The second-order valence-electron chi connectivity index (χ2n) is 5.60. The van der Waals surface area contributed by atoms with E-state index in [4.69, 9.17) is 0 Å². The summed E-state index contributed by atoms with van der Waals surface area (Å²) >= 11 is 0. The highest BCUT2D eigenvalue weighted by atomic mass is 32.2. The largest absolute Gasteiger partial charge is 0.243 e. The van der Waals surface area contributed by atoms with E-state index >= 15 is 0 Å². The number of nitrogens with zero attached hydrogens (tertiary/aromatic N) is 1. The molecule has 0 aliphatic rings. The van der Waals surface area contributed by atoms with E-state index in [1.54, 1.807) is 16.4 Å². The minimum absolute atomic E-state index is 0.0107. The molecule has 0 bridgehead atoms. The number of hydrogen-bond acceptors (Lipinski definition) is 2. The van der Waals surface area contributed by atoms with Gasteiger partial charge in [0.15, 0.2) is 0 Å². The average Bonchev–Trinajstić information content (AvgIpc) is 2.41. The van der Waals surface area contributed by atoms with Gasteiger partial charge in [0.2, 0.25) is 10.0 Å². The molecule has 0 amide bonds. The second-order valence-corrected chi connectivity index (χ2v) is 7.44. The van der Waals surface area contributed by atoms with Gasteiger partial charge in [-0.3, -0.25) is 0 Å². The van der Waals surface area contributed by atoms with E-state index < -0.39 is 10.0 Å². The molecule has 1 aromatic carbocycles. The van der Waals surface area contributed by atoms with E-state index in [0.29, 0.717) is 4.90 Å². The summed E-state index contributed by atoms with van der Waals surface area (Å²) in [5.41, 5.74) is 2.13. The first-order valence-corrected chi connectivity index (χ1v) is 8.80. The van der Waals surface area contributed by atoms with E-state index in [9.17, 15) is 8.42 Å². The molecule has 0 aromatic heterocycles. The first kappa shape index (κ1) is 17.2. The van der Waals surface area contributed by atoms with Crippen LogP contribution >= 0.6 is 0 Å². The fraction of sp³-hybridized carbons (Fsp3) is 0.625. The van der Waals surface area contributed by atoms with E-state index in [1.807, 2.05) is 47.6 Å². The summed E-state index contributed by atoms with van der Waals surface area (Å²) in [6.45, 7) is 11.9. The van der Waals surface area contributed by atoms with Crippen molar-refractivity contribution >= 4 is 10.0 Å². The molecular formula is C16H27NO2S. The molecule has 114 valence electrons. The fourth-order valence-corrected chi connectivity index (χ4v) is 4.32. The Labute approximate surface area is 124 Å². The van der Waals surface area contributed by atoms with Crippen molar-refractivity contribution in [1.82, 2.24) is 4.31 Å². The molecule has 4 heteroatoms. The normalized spacial score (nSPS) is 15.3. The molecular weight excluding hydrogens is 270 g/mol. The molecule has 0 N–H and O–H groups in total. The lowest BCUT2D eigenvalue weighted by atomic mass is 10.1. The lowest BCUT2D eigenvalue weighted by Gasteiger charge is -2.32. The van der Waals surface area contributed by atoms with Crippen molar-refractivity contribution < 1.29 is 8.42 Å². The van der Waals surface area contributed by atoms with Crippen molar-refractivity contribution in [2.24, 2.45) is 0 Å². The molecule has 0 aliphatic heterocycles. The molecule has 0 heterocycles. The predicted molar refractivity (Wildman–Crippen MR) is 84.4 cm³/mol. The summed E-state index contributed by atoms with van der Waals surface area (Å²) < 4.78 is 27.5. The molecule has 0 spiro atoms. The van der Waals surface area contributed by atoms with Gasteiger partial charge in [-0.2, -0.15) is 4.31 Å². The summed E-state index contributed by atoms with van der Waals surface area (Å²) in [6.07, 6.45) is 1.63. The SMILES string of the molecule is CCC(C)N(C(C)CC)S(=O)(=O)c1ccc(C)c(C)c1. The van der Waals surface area contributed by atoms with Crippen LogP contribution in [0.1, 0.15) is 51.7 Å². The third-order valence-corrected chi connectivity index (χ3v) is 6.23. The van der Waals surface area contributed by atoms with Crippen molar-refractivity contribution in [3.8, 4) is 0 Å². The van der Waals surface area contributed by atoms with Crippen LogP contribution in [0.4, 0.5) is 0 Å². The molecule has 1 rings (SSSR count). The molecule has 1 aromatic rings. The van der Waals surface area contributed by atoms with Crippen LogP contribution in [0.5, 0.6) is 0 Å². The monoisotopic (exact) mass is 297 g/mol. The van der Waals surface area contributed by atoms with Gasteiger partial charge in [-0.15, -0.1) is 0 Å². The maximum atomic E-state index is 12.9. The number of sulfonamides is 1. The Bertz CT molecular complexity index is 542. The lowest BCUT2D eigenvalue weighted by Crippen LogP contribution is -2.44. The molecule has 0 radical (unpaired) electrons. The van der Waals surface area contributed by atoms with Gasteiger partial charge in [-0.25, -0.2) is 8.42 Å². The molecule has 0 saturated carbocycles. The third-order valence-electron chi connectivity index (χ3n) is 4.10. The molecule has 0 fully saturated rings. The van der Waals surface area contributed by atoms with Crippen LogP contribution in [0.3, 0.4) is 0 Å². The number of benzene rings is 1. The zero-order chi connectivity index (χ0) is 15.5. The van der Waals surface area contributed by atoms with Crippen LogP contribution in [-0.4, -0.2) is 24.8 Å². The first-order valence-electron chi connectivity index (χ1n) is 7.36. The minimum atomic E-state index is -3.43. The topological polar surface area (TPSA) is 37.4 Å². The molecule has 0 saturated heterocycles. The van der Waals surface area contributed by atoms with Crippen LogP contribution in [-0.2, 0) is 10.0 Å². The van der Waals surface area contributed by atoms with Gasteiger partial charge in [0.25, 0.3) is 0 Å². The lowest BCUT2D eigenvalue weighted by molar-refractivity contribution is 0.262. The van der Waals surface area contributed by atoms with Crippen LogP contribution in [0.2, 0.25) is 0 Å². The van der Waals surface area contributed by atoms with Gasteiger partial charge >= 0.3 is 0 Å². The first-order chi connectivity index (χ1) is 9.25. The molecule has 3 nitrogen and oxygen atoms in total. The molecule has 2 unspecified atom stereocenters. The number of rotatable bonds is 6. The van der Waals surface area contributed by atoms with Crippen molar-refractivity contribution in [3.63, 3.8) is 0 Å². The maximum Gasteiger partial charge on any atom is 0.243 e. The smallest absolute Gasteiger partial charge is 0.207 e. The van der Waals surface area contributed by atoms with Crippen LogP contribution in [0, 0.1) is 13.8 Å². The highest BCUT2D eigenvalue weighted by Gasteiger charge is 2.31. The van der Waals surface area contributed by atoms with E-state index in [2.05, 4.69) is 0 Å². The minimum Gasteiger partial charge on any atom is -0.207 e. The van der Waals surface area contributed by atoms with E-state index in [-0.39, 0.29) is 12.1 Å². The fourth-order valence-electron chi connectivity index (χ4n) is 2.26. The van der Waals surface area contributed by atoms with Crippen molar-refractivity contribution in [1.29, 1.82) is 0 Å². The predicted octanol–water partition coefficient (Wildman–Crippen LogP) is 3.89. The second kappa shape index (κ2) is 6.72. The van der Waals surface area contributed by atoms with Crippen LogP contribution < -0.4 is 0 Å². The van der Waals surface area contributed by atoms with Gasteiger partial charge in [0.1, 0.15) is 0 Å². The van der Waals surface area contributed by atoms with E-state index in [1.165, 1.54) is 0 Å². The summed E-state index contributed by atoms with van der Waals surface area (Å²) in [6, 6.07) is 5.40. The zero-order valence-corrected chi connectivity index (χ0v) is 14.3. The van der Waals surface area contributed by atoms with Gasteiger partial charge in [-0.1, -0.05) is 19.9 Å². The Morgan fingerprint density at radius 1 is 1.00 bits per heavy atom. The summed E-state index contributed by atoms with van der Waals surface area (Å²) in [5, 5.41) is 0. The van der Waals surface area contributed by atoms with Crippen molar-refractivity contribution in [2.45, 2.75) is 71.4 Å². The molecule has 20 heavy (non-hydrogen) atoms. The number of hydrogen-bond donors (Lipinski definition) is 0. The van der Waals surface area contributed by atoms with Gasteiger partial charge in [0.05, 0.1) is 4.90 Å². The summed E-state index contributed by atoms with van der Waals surface area (Å²) in [5.74, 6) is 0. The highest BCUT2D eigenvalue weighted by molar-refractivity contribution is 7.89. The Hall–Kier alpha value is -0.870. The van der Waals surface area contributed by atoms with Crippen LogP contribution in [0.25, 0.3) is 0 Å². The maximum absolute atomic E-state index is 12.9. The highest BCUT2D eigenvalue weighted by Crippen LogP contribution is 2.25. The average molecular weight is 297 g/mol. The Balaban J connectivity index is 3.32. The van der Waals surface area contributed by atoms with Crippen LogP contribution in [0.15, 0.2) is 23.1 Å². The quantitative estimate of drug-likeness (QED) is 0.799. The number of aryl methyl sites for hydroxylation is 2. The standard InChI is InChI=1S/C16H27NO2S/c1-7-14(5)17(15(6)8-2)20(18,19)16-10-9-12(3)13(4)11-16/h9-11,14-15H,7-8H2,1-6H3. The van der Waals surface area contributed by atoms with Gasteiger partial charge < -0.3 is 0 Å². The van der Waals surface area contributed by atoms with Gasteiger partial charge in [0, 0.05) is 12.1 Å². The van der Waals surface area contributed by atoms with Crippen molar-refractivity contribution in [2.75, 3.05) is 0 Å². The molecule has 0 aliphatic carbocycles. The van der Waals surface area contributed by atoms with Gasteiger partial charge in [-0.05, 0) is 63.8 Å². The summed E-state index contributed by atoms with van der Waals surface area (Å²) in [4.78, 5) is 0.404. The zero-order valence-electron chi connectivity index (χ0n) is 13.5. The molecule has 2 atom stereocenters. The van der Waals surface area contributed by atoms with Crippen molar-refractivity contribution in [3.05, 3.63) is 29.3 Å². The summed E-state index contributed by atoms with van der Waals surface area (Å²) in [7, 11) is -3.43. The Morgan fingerprint density at radius 3 is 1.90 bits per heavy atom.